The van der Waals surface area contributed by atoms with Gasteiger partial charge in [0.1, 0.15) is 12.2 Å². The maximum Gasteiger partial charge on any atom is 0.396 e. The average Bonchev–Trinajstić information content (AvgIpc) is 3.22. The van der Waals surface area contributed by atoms with Crippen LogP contribution in [0.25, 0.3) is 22.6 Å². The Kier molecular flexibility index (Phi) is 7.56. The Morgan fingerprint density at radius 3 is 2.63 bits per heavy atom. The number of aromatic nitrogens is 3. The molecule has 0 unspecified atom stereocenters. The normalized spacial score (nSPS) is 22.8. The van der Waals surface area contributed by atoms with Crippen molar-refractivity contribution >= 4 is 15.8 Å². The Morgan fingerprint density at radius 1 is 1.21 bits per heavy atom. The summed E-state index contributed by atoms with van der Waals surface area (Å²) in [4.78, 5) is 7.95. The van der Waals surface area contributed by atoms with Gasteiger partial charge in [-0.05, 0) is 74.8 Å². The predicted octanol–water partition coefficient (Wildman–Crippen LogP) is 4.40. The van der Waals surface area contributed by atoms with E-state index in [0.29, 0.717) is 36.8 Å². The number of aliphatic hydroxyl groups is 1. The molecule has 0 bridgehead atoms. The highest BCUT2D eigenvalue weighted by Gasteiger charge is 2.33. The summed E-state index contributed by atoms with van der Waals surface area (Å²) < 4.78 is 72.6. The molecule has 38 heavy (non-hydrogen) atoms. The molecule has 2 heterocycles. The Labute approximate surface area is 218 Å². The van der Waals surface area contributed by atoms with Gasteiger partial charge in [0.25, 0.3) is 5.89 Å². The van der Waals surface area contributed by atoms with Crippen molar-refractivity contribution in [2.45, 2.75) is 75.6 Å². The number of nitrogens with one attached hydrogen (secondary N) is 1. The lowest BCUT2D eigenvalue weighted by Gasteiger charge is -2.23. The van der Waals surface area contributed by atoms with E-state index in [9.17, 15) is 26.7 Å². The minimum Gasteiger partial charge on any atom is -0.390 e. The number of anilines is 1. The largest absolute Gasteiger partial charge is 0.396 e. The van der Waals surface area contributed by atoms with Crippen LogP contribution in [0.1, 0.15) is 50.9 Å². The van der Waals surface area contributed by atoms with E-state index < -0.39 is 34.0 Å². The summed E-state index contributed by atoms with van der Waals surface area (Å²) in [5.41, 5.74) is 6.99. The van der Waals surface area contributed by atoms with E-state index in [1.54, 1.807) is 19.9 Å². The molecule has 1 fully saturated rings. The fourth-order valence-corrected chi connectivity index (χ4v) is 5.95. The average molecular weight is 554 g/mol. The predicted molar refractivity (Wildman–Crippen MR) is 134 cm³/mol. The Balaban J connectivity index is 1.64. The van der Waals surface area contributed by atoms with Crippen LogP contribution in [-0.2, 0) is 16.4 Å². The molecule has 0 aliphatic heterocycles. The van der Waals surface area contributed by atoms with Crippen LogP contribution < -0.4 is 10.5 Å². The molecule has 4 N–H and O–H groups in total. The SMILES string of the molecule is Cc1ccc(S(=O)(=O)N[C@@H]2CC[C@](C)(O)CC[C@@H]2C)cc1-c1cnc(N)c(-c2nc(CC(F)(F)F)no2)c1. The first-order valence-electron chi connectivity index (χ1n) is 12.1. The van der Waals surface area contributed by atoms with E-state index in [-0.39, 0.29) is 34.1 Å². The fraction of sp³-hybridized carbons (Fsp3) is 0.480. The monoisotopic (exact) mass is 553 g/mol. The van der Waals surface area contributed by atoms with Crippen molar-refractivity contribution < 1.29 is 31.2 Å². The molecule has 206 valence electrons. The highest BCUT2D eigenvalue weighted by Crippen LogP contribution is 2.34. The van der Waals surface area contributed by atoms with Crippen LogP contribution in [0.4, 0.5) is 19.0 Å². The standard InChI is InChI=1S/C25H30F3N5O4S/c1-14-4-5-17(38(35,36)33-20-7-9-24(3,34)8-6-15(20)2)11-18(14)16-10-19(22(29)30-13-16)23-31-21(32-37-23)12-25(26,27)28/h4-5,10-11,13,15,20,33-34H,6-9,12H2,1-3H3,(H2,29,30)/t15-,20+,24+/m0/s1. The number of aryl methyl sites for hydroxylation is 1. The summed E-state index contributed by atoms with van der Waals surface area (Å²) in [5.74, 6) is -0.749. The van der Waals surface area contributed by atoms with Crippen LogP contribution in [0, 0.1) is 12.8 Å². The van der Waals surface area contributed by atoms with Crippen molar-refractivity contribution in [2.75, 3.05) is 5.73 Å². The van der Waals surface area contributed by atoms with Gasteiger partial charge in [-0.2, -0.15) is 18.2 Å². The van der Waals surface area contributed by atoms with Crippen molar-refractivity contribution in [3.63, 3.8) is 0 Å². The molecular formula is C25H30F3N5O4S. The number of nitrogen functional groups attached to an aromatic ring is 1. The fourth-order valence-electron chi connectivity index (χ4n) is 4.55. The van der Waals surface area contributed by atoms with Crippen LogP contribution >= 0.6 is 0 Å². The number of nitrogens with two attached hydrogens (primary N) is 1. The second kappa shape index (κ2) is 10.3. The Bertz CT molecular complexity index is 1420. The minimum absolute atomic E-state index is 0.0303. The molecule has 9 nitrogen and oxygen atoms in total. The number of alkyl halides is 3. The highest BCUT2D eigenvalue weighted by molar-refractivity contribution is 7.89. The zero-order chi connectivity index (χ0) is 27.9. The van der Waals surface area contributed by atoms with E-state index in [2.05, 4.69) is 19.8 Å². The summed E-state index contributed by atoms with van der Waals surface area (Å²) >= 11 is 0. The quantitative estimate of drug-likeness (QED) is 0.381. The zero-order valence-electron chi connectivity index (χ0n) is 21.2. The number of hydrogen-bond acceptors (Lipinski definition) is 8. The summed E-state index contributed by atoms with van der Waals surface area (Å²) in [7, 11) is -3.90. The molecule has 13 heteroatoms. The van der Waals surface area contributed by atoms with Crippen LogP contribution in [0.5, 0.6) is 0 Å². The Hall–Kier alpha value is -3.03. The first kappa shape index (κ1) is 28.0. The maximum atomic E-state index is 13.3. The molecule has 4 rings (SSSR count). The minimum atomic E-state index is -4.50. The highest BCUT2D eigenvalue weighted by atomic mass is 32.2. The summed E-state index contributed by atoms with van der Waals surface area (Å²) in [5, 5.41) is 13.8. The molecule has 1 saturated carbocycles. The number of benzene rings is 1. The second-order valence-corrected chi connectivity index (χ2v) is 11.9. The van der Waals surface area contributed by atoms with Crippen molar-refractivity contribution in [1.82, 2.24) is 19.8 Å². The van der Waals surface area contributed by atoms with Gasteiger partial charge < -0.3 is 15.4 Å². The van der Waals surface area contributed by atoms with E-state index in [4.69, 9.17) is 10.3 Å². The van der Waals surface area contributed by atoms with Gasteiger partial charge in [0.2, 0.25) is 10.0 Å². The van der Waals surface area contributed by atoms with Gasteiger partial charge in [0.15, 0.2) is 5.82 Å². The number of pyridine rings is 1. The van der Waals surface area contributed by atoms with E-state index in [0.717, 1.165) is 5.56 Å². The first-order valence-corrected chi connectivity index (χ1v) is 13.6. The molecule has 1 aliphatic rings. The Morgan fingerprint density at radius 2 is 1.92 bits per heavy atom. The lowest BCUT2D eigenvalue weighted by molar-refractivity contribution is -0.128. The molecule has 1 aliphatic carbocycles. The van der Waals surface area contributed by atoms with Crippen molar-refractivity contribution in [2.24, 2.45) is 5.92 Å². The summed E-state index contributed by atoms with van der Waals surface area (Å²) in [6, 6.07) is 5.87. The molecule has 3 atom stereocenters. The topological polar surface area (TPSA) is 144 Å². The number of sulfonamides is 1. The zero-order valence-corrected chi connectivity index (χ0v) is 22.0. The van der Waals surface area contributed by atoms with Crippen molar-refractivity contribution in [3.8, 4) is 22.6 Å². The van der Waals surface area contributed by atoms with Gasteiger partial charge in [0, 0.05) is 17.8 Å². The molecule has 0 spiro atoms. The molecular weight excluding hydrogens is 523 g/mol. The summed E-state index contributed by atoms with van der Waals surface area (Å²) in [6.07, 6.45) is -2.12. The van der Waals surface area contributed by atoms with E-state index in [1.165, 1.54) is 24.4 Å². The smallest absolute Gasteiger partial charge is 0.390 e. The lowest BCUT2D eigenvalue weighted by Crippen LogP contribution is -2.39. The molecule has 3 aromatic rings. The molecule has 0 radical (unpaired) electrons. The van der Waals surface area contributed by atoms with Gasteiger partial charge >= 0.3 is 6.18 Å². The molecule has 2 aromatic heterocycles. The second-order valence-electron chi connectivity index (χ2n) is 10.2. The van der Waals surface area contributed by atoms with Crippen LogP contribution in [0.15, 0.2) is 39.9 Å². The van der Waals surface area contributed by atoms with Crippen LogP contribution in [-0.4, -0.2) is 46.5 Å². The van der Waals surface area contributed by atoms with Crippen molar-refractivity contribution in [3.05, 3.63) is 41.9 Å². The third-order valence-corrected chi connectivity index (χ3v) is 8.42. The van der Waals surface area contributed by atoms with E-state index >= 15 is 0 Å². The third kappa shape index (κ3) is 6.51. The molecule has 1 aromatic carbocycles. The lowest BCUT2D eigenvalue weighted by atomic mass is 9.96. The van der Waals surface area contributed by atoms with Gasteiger partial charge in [0.05, 0.1) is 16.1 Å². The third-order valence-electron chi connectivity index (χ3n) is 6.93. The van der Waals surface area contributed by atoms with Crippen molar-refractivity contribution in [1.29, 1.82) is 0 Å². The van der Waals surface area contributed by atoms with Crippen LogP contribution in [0.3, 0.4) is 0 Å². The number of nitrogens with zero attached hydrogens (tertiary/aromatic N) is 3. The van der Waals surface area contributed by atoms with Gasteiger partial charge in [-0.25, -0.2) is 18.1 Å². The molecule has 0 saturated heterocycles. The maximum absolute atomic E-state index is 13.3. The number of hydrogen-bond donors (Lipinski definition) is 3. The summed E-state index contributed by atoms with van der Waals surface area (Å²) in [6.45, 7) is 5.52. The number of rotatable bonds is 6. The number of halogens is 3. The van der Waals surface area contributed by atoms with Crippen LogP contribution in [0.2, 0.25) is 0 Å². The van der Waals surface area contributed by atoms with E-state index in [1.807, 2.05) is 6.92 Å². The van der Waals surface area contributed by atoms with Gasteiger partial charge in [-0.3, -0.25) is 0 Å². The van der Waals surface area contributed by atoms with Gasteiger partial charge in [-0.1, -0.05) is 18.1 Å². The van der Waals surface area contributed by atoms with Gasteiger partial charge in [-0.15, -0.1) is 0 Å². The molecule has 0 amide bonds. The first-order chi connectivity index (χ1) is 17.6.